The third-order valence-electron chi connectivity index (χ3n) is 4.17. The lowest BCUT2D eigenvalue weighted by Crippen LogP contribution is -2.66. The molecular weight excluding hydrogens is 316 g/mol. The molecule has 3 heterocycles. The quantitative estimate of drug-likeness (QED) is 0.794. The van der Waals surface area contributed by atoms with Crippen molar-refractivity contribution in [3.63, 3.8) is 0 Å². The van der Waals surface area contributed by atoms with E-state index in [1.165, 1.54) is 0 Å². The first kappa shape index (κ1) is 14.3. The molecule has 2 aliphatic rings. The Hall–Kier alpha value is -2.27. The molecule has 2 aliphatic heterocycles. The minimum Gasteiger partial charge on any atom is -0.483 e. The Morgan fingerprint density at radius 3 is 2.91 bits per heavy atom. The molecule has 0 bridgehead atoms. The highest BCUT2D eigenvalue weighted by atomic mass is 35.5. The standard InChI is InChI=1S/C17H15ClN2O3/c18-15-6-14-13(8-19-15)7-17(23-14)10-20(11-17)16(21)22-9-12-4-2-1-3-5-12/h1-6,8H,7,9-11H2. The van der Waals surface area contributed by atoms with Gasteiger partial charge in [-0.1, -0.05) is 41.9 Å². The van der Waals surface area contributed by atoms with Crippen LogP contribution in [0.25, 0.3) is 0 Å². The number of nitrogens with zero attached hydrogens (tertiary/aromatic N) is 2. The number of carbonyl (C=O) groups excluding carboxylic acids is 1. The first-order valence-corrected chi connectivity index (χ1v) is 7.80. The summed E-state index contributed by atoms with van der Waals surface area (Å²) in [6.45, 7) is 1.32. The van der Waals surface area contributed by atoms with Crippen LogP contribution in [0.3, 0.4) is 0 Å². The lowest BCUT2D eigenvalue weighted by atomic mass is 9.90. The fourth-order valence-electron chi connectivity index (χ4n) is 3.05. The average Bonchev–Trinajstić information content (AvgIpc) is 2.91. The summed E-state index contributed by atoms with van der Waals surface area (Å²) in [5, 5.41) is 0.416. The third-order valence-corrected chi connectivity index (χ3v) is 4.38. The van der Waals surface area contributed by atoms with Crippen LogP contribution in [-0.4, -0.2) is 34.7 Å². The minimum atomic E-state index is -0.347. The van der Waals surface area contributed by atoms with E-state index >= 15 is 0 Å². The van der Waals surface area contributed by atoms with E-state index in [2.05, 4.69) is 4.98 Å². The summed E-state index contributed by atoms with van der Waals surface area (Å²) in [5.74, 6) is 0.766. The van der Waals surface area contributed by atoms with Crippen LogP contribution in [-0.2, 0) is 17.8 Å². The maximum absolute atomic E-state index is 12.1. The van der Waals surface area contributed by atoms with E-state index in [4.69, 9.17) is 21.1 Å². The normalized spacial score (nSPS) is 17.3. The van der Waals surface area contributed by atoms with E-state index in [-0.39, 0.29) is 18.3 Å². The second kappa shape index (κ2) is 5.42. The van der Waals surface area contributed by atoms with Gasteiger partial charge >= 0.3 is 6.09 Å². The van der Waals surface area contributed by atoms with E-state index < -0.39 is 0 Å². The molecule has 0 radical (unpaired) electrons. The van der Waals surface area contributed by atoms with Crippen LogP contribution >= 0.6 is 11.6 Å². The van der Waals surface area contributed by atoms with E-state index in [0.29, 0.717) is 18.2 Å². The van der Waals surface area contributed by atoms with E-state index in [1.54, 1.807) is 17.2 Å². The van der Waals surface area contributed by atoms with Gasteiger partial charge in [0, 0.05) is 24.2 Å². The number of hydrogen-bond acceptors (Lipinski definition) is 4. The number of carbonyl (C=O) groups is 1. The summed E-state index contributed by atoms with van der Waals surface area (Å²) in [5.41, 5.74) is 1.66. The summed E-state index contributed by atoms with van der Waals surface area (Å²) in [7, 11) is 0. The lowest BCUT2D eigenvalue weighted by molar-refractivity contribution is -0.0568. The molecule has 4 rings (SSSR count). The molecule has 1 amide bonds. The molecule has 1 spiro atoms. The van der Waals surface area contributed by atoms with Crippen molar-refractivity contribution in [2.24, 2.45) is 0 Å². The maximum Gasteiger partial charge on any atom is 0.410 e. The number of ether oxygens (including phenoxy) is 2. The number of hydrogen-bond donors (Lipinski definition) is 0. The second-order valence-corrected chi connectivity index (χ2v) is 6.36. The largest absolute Gasteiger partial charge is 0.483 e. The molecule has 2 aromatic rings. The second-order valence-electron chi connectivity index (χ2n) is 5.97. The molecule has 6 heteroatoms. The van der Waals surface area contributed by atoms with Gasteiger partial charge in [-0.3, -0.25) is 0 Å². The number of pyridine rings is 1. The summed E-state index contributed by atoms with van der Waals surface area (Å²) in [6, 6.07) is 11.4. The molecule has 0 saturated carbocycles. The zero-order valence-corrected chi connectivity index (χ0v) is 13.1. The highest BCUT2D eigenvalue weighted by Crippen LogP contribution is 2.41. The number of likely N-dealkylation sites (tertiary alicyclic amines) is 1. The summed E-state index contributed by atoms with van der Waals surface area (Å²) < 4.78 is 11.3. The van der Waals surface area contributed by atoms with Crippen molar-refractivity contribution >= 4 is 17.7 Å². The number of rotatable bonds is 2. The van der Waals surface area contributed by atoms with Gasteiger partial charge in [-0.25, -0.2) is 9.78 Å². The van der Waals surface area contributed by atoms with Crippen molar-refractivity contribution in [1.82, 2.24) is 9.88 Å². The van der Waals surface area contributed by atoms with Crippen LogP contribution in [0, 0.1) is 0 Å². The Morgan fingerprint density at radius 2 is 2.13 bits per heavy atom. The molecule has 1 aromatic carbocycles. The molecule has 5 nitrogen and oxygen atoms in total. The number of benzene rings is 1. The molecule has 0 unspecified atom stereocenters. The van der Waals surface area contributed by atoms with Crippen molar-refractivity contribution in [1.29, 1.82) is 0 Å². The van der Waals surface area contributed by atoms with Gasteiger partial charge in [-0.05, 0) is 5.56 Å². The van der Waals surface area contributed by atoms with E-state index in [9.17, 15) is 4.79 Å². The molecule has 0 atom stereocenters. The Balaban J connectivity index is 1.32. The Kier molecular flexibility index (Phi) is 3.38. The molecule has 23 heavy (non-hydrogen) atoms. The van der Waals surface area contributed by atoms with Gasteiger partial charge in [-0.2, -0.15) is 0 Å². The van der Waals surface area contributed by atoms with Crippen molar-refractivity contribution < 1.29 is 14.3 Å². The Bertz CT molecular complexity index is 745. The molecule has 1 aromatic heterocycles. The first-order chi connectivity index (χ1) is 11.1. The summed E-state index contributed by atoms with van der Waals surface area (Å²) in [6.07, 6.45) is 2.17. The Labute approximate surface area is 138 Å². The molecule has 1 fully saturated rings. The van der Waals surface area contributed by atoms with Gasteiger partial charge in [0.15, 0.2) is 0 Å². The fraction of sp³-hybridized carbons (Fsp3) is 0.294. The Morgan fingerprint density at radius 1 is 1.35 bits per heavy atom. The van der Waals surface area contributed by atoms with Crippen LogP contribution in [0.5, 0.6) is 5.75 Å². The van der Waals surface area contributed by atoms with Crippen LogP contribution in [0.4, 0.5) is 4.79 Å². The first-order valence-electron chi connectivity index (χ1n) is 7.43. The fourth-order valence-corrected chi connectivity index (χ4v) is 3.20. The molecule has 0 N–H and O–H groups in total. The zero-order valence-electron chi connectivity index (χ0n) is 12.4. The molecular formula is C17H15ClN2O3. The number of halogens is 1. The van der Waals surface area contributed by atoms with Crippen molar-refractivity contribution in [2.45, 2.75) is 18.6 Å². The van der Waals surface area contributed by atoms with Gasteiger partial charge in [-0.15, -0.1) is 0 Å². The van der Waals surface area contributed by atoms with Crippen molar-refractivity contribution in [3.8, 4) is 5.75 Å². The molecule has 0 aliphatic carbocycles. The van der Waals surface area contributed by atoms with E-state index in [1.807, 2.05) is 30.3 Å². The predicted molar refractivity (Wildman–Crippen MR) is 84.5 cm³/mol. The maximum atomic E-state index is 12.1. The van der Waals surface area contributed by atoms with Gasteiger partial charge in [0.1, 0.15) is 23.1 Å². The van der Waals surface area contributed by atoms with Crippen LogP contribution < -0.4 is 4.74 Å². The van der Waals surface area contributed by atoms with Crippen molar-refractivity contribution in [2.75, 3.05) is 13.1 Å². The SMILES string of the molecule is O=C(OCc1ccccc1)N1CC2(Cc3cnc(Cl)cc3O2)C1. The predicted octanol–water partition coefficient (Wildman–Crippen LogP) is 3.06. The summed E-state index contributed by atoms with van der Waals surface area (Å²) >= 11 is 5.88. The van der Waals surface area contributed by atoms with Gasteiger partial charge < -0.3 is 14.4 Å². The van der Waals surface area contributed by atoms with Crippen molar-refractivity contribution in [3.05, 3.63) is 58.9 Å². The number of fused-ring (bicyclic) bond motifs is 1. The smallest absolute Gasteiger partial charge is 0.410 e. The van der Waals surface area contributed by atoms with Gasteiger partial charge in [0.25, 0.3) is 0 Å². The van der Waals surface area contributed by atoms with Gasteiger partial charge in [0.05, 0.1) is 13.1 Å². The zero-order chi connectivity index (χ0) is 15.9. The number of amides is 1. The molecule has 1 saturated heterocycles. The molecule has 118 valence electrons. The summed E-state index contributed by atoms with van der Waals surface area (Å²) in [4.78, 5) is 17.8. The van der Waals surface area contributed by atoms with Crippen LogP contribution in [0.1, 0.15) is 11.1 Å². The highest BCUT2D eigenvalue weighted by Gasteiger charge is 2.51. The van der Waals surface area contributed by atoms with E-state index in [0.717, 1.165) is 23.3 Å². The minimum absolute atomic E-state index is 0.282. The lowest BCUT2D eigenvalue weighted by Gasteiger charge is -2.45. The van der Waals surface area contributed by atoms with Gasteiger partial charge in [0.2, 0.25) is 0 Å². The van der Waals surface area contributed by atoms with Crippen LogP contribution in [0.15, 0.2) is 42.6 Å². The number of aromatic nitrogens is 1. The third kappa shape index (κ3) is 2.72. The highest BCUT2D eigenvalue weighted by molar-refractivity contribution is 6.29. The topological polar surface area (TPSA) is 51.7 Å². The van der Waals surface area contributed by atoms with Crippen LogP contribution in [0.2, 0.25) is 5.15 Å². The monoisotopic (exact) mass is 330 g/mol. The average molecular weight is 331 g/mol.